The second-order valence-corrected chi connectivity index (χ2v) is 5.30. The van der Waals surface area contributed by atoms with Crippen LogP contribution in [0.15, 0.2) is 22.8 Å². The van der Waals surface area contributed by atoms with E-state index in [2.05, 4.69) is 40.1 Å². The van der Waals surface area contributed by atoms with E-state index in [9.17, 15) is 4.79 Å². The highest BCUT2D eigenvalue weighted by Gasteiger charge is 2.08. The molecule has 94 valence electrons. The minimum Gasteiger partial charge on any atom is -0.354 e. The molecule has 1 rings (SSSR count). The van der Waals surface area contributed by atoms with Gasteiger partial charge in [-0.25, -0.2) is 4.98 Å². The van der Waals surface area contributed by atoms with Gasteiger partial charge in [0.05, 0.1) is 6.54 Å². The summed E-state index contributed by atoms with van der Waals surface area (Å²) < 4.78 is 0.930. The molecule has 5 heteroatoms. The maximum atomic E-state index is 11.6. The van der Waals surface area contributed by atoms with Crippen LogP contribution in [0.25, 0.3) is 0 Å². The lowest BCUT2D eigenvalue weighted by Gasteiger charge is -2.18. The van der Waals surface area contributed by atoms with Crippen LogP contribution in [-0.4, -0.2) is 31.0 Å². The van der Waals surface area contributed by atoms with E-state index in [-0.39, 0.29) is 5.91 Å². The maximum Gasteiger partial charge on any atom is 0.239 e. The number of carbonyl (C=O) groups excluding carboxylic acids is 1. The van der Waals surface area contributed by atoms with Gasteiger partial charge in [0.25, 0.3) is 0 Å². The van der Waals surface area contributed by atoms with Crippen LogP contribution in [0.5, 0.6) is 0 Å². The van der Waals surface area contributed by atoms with Crippen LogP contribution in [0.1, 0.15) is 13.8 Å². The maximum absolute atomic E-state index is 11.6. The number of hydrogen-bond acceptors (Lipinski definition) is 3. The molecule has 0 aliphatic carbocycles. The zero-order valence-corrected chi connectivity index (χ0v) is 12.0. The lowest BCUT2D eigenvalue weighted by molar-refractivity contribution is -0.119. The van der Waals surface area contributed by atoms with Crippen molar-refractivity contribution in [3.05, 3.63) is 22.8 Å². The summed E-state index contributed by atoms with van der Waals surface area (Å²) in [6.45, 7) is 5.17. The SMILES string of the molecule is CC(C)CNC(=O)CN(C)c1ccc(Br)cn1. The van der Waals surface area contributed by atoms with Gasteiger partial charge < -0.3 is 10.2 Å². The summed E-state index contributed by atoms with van der Waals surface area (Å²) >= 11 is 3.33. The number of halogens is 1. The van der Waals surface area contributed by atoms with Crippen molar-refractivity contribution < 1.29 is 4.79 Å². The lowest BCUT2D eigenvalue weighted by atomic mass is 10.2. The summed E-state index contributed by atoms with van der Waals surface area (Å²) in [5.41, 5.74) is 0. The Labute approximate surface area is 111 Å². The molecule has 0 saturated carbocycles. The third kappa shape index (κ3) is 5.17. The van der Waals surface area contributed by atoms with E-state index in [1.807, 2.05) is 24.1 Å². The first-order valence-corrected chi connectivity index (χ1v) is 6.37. The molecule has 0 spiro atoms. The number of nitrogens with one attached hydrogen (secondary N) is 1. The van der Waals surface area contributed by atoms with Gasteiger partial charge in [-0.3, -0.25) is 4.79 Å². The van der Waals surface area contributed by atoms with E-state index in [1.54, 1.807) is 6.20 Å². The Balaban J connectivity index is 2.46. The molecule has 0 atom stereocenters. The Hall–Kier alpha value is -1.10. The quantitative estimate of drug-likeness (QED) is 0.905. The molecule has 0 aliphatic heterocycles. The van der Waals surface area contributed by atoms with Crippen molar-refractivity contribution in [3.8, 4) is 0 Å². The van der Waals surface area contributed by atoms with Gasteiger partial charge >= 0.3 is 0 Å². The molecule has 0 bridgehead atoms. The van der Waals surface area contributed by atoms with Crippen LogP contribution in [0.2, 0.25) is 0 Å². The van der Waals surface area contributed by atoms with Crippen LogP contribution in [0.4, 0.5) is 5.82 Å². The number of carbonyl (C=O) groups is 1. The summed E-state index contributed by atoms with van der Waals surface area (Å²) in [4.78, 5) is 17.7. The molecule has 17 heavy (non-hydrogen) atoms. The molecule has 1 N–H and O–H groups in total. The third-order valence-corrected chi connectivity index (χ3v) is 2.66. The van der Waals surface area contributed by atoms with E-state index in [1.165, 1.54) is 0 Å². The summed E-state index contributed by atoms with van der Waals surface area (Å²) in [6, 6.07) is 3.78. The highest BCUT2D eigenvalue weighted by Crippen LogP contribution is 2.12. The second kappa shape index (κ2) is 6.59. The average molecular weight is 300 g/mol. The second-order valence-electron chi connectivity index (χ2n) is 4.39. The van der Waals surface area contributed by atoms with E-state index >= 15 is 0 Å². The molecule has 0 aromatic carbocycles. The standard InChI is InChI=1S/C12H18BrN3O/c1-9(2)6-15-12(17)8-16(3)11-5-4-10(13)7-14-11/h4-5,7,9H,6,8H2,1-3H3,(H,15,17). The predicted octanol–water partition coefficient (Wildman–Crippen LogP) is 2.05. The van der Waals surface area contributed by atoms with Crippen molar-refractivity contribution in [2.24, 2.45) is 5.92 Å². The fraction of sp³-hybridized carbons (Fsp3) is 0.500. The largest absolute Gasteiger partial charge is 0.354 e. The number of anilines is 1. The van der Waals surface area contributed by atoms with Crippen LogP contribution in [-0.2, 0) is 4.79 Å². The van der Waals surface area contributed by atoms with Gasteiger partial charge in [-0.2, -0.15) is 0 Å². The summed E-state index contributed by atoms with van der Waals surface area (Å²) in [7, 11) is 1.85. The van der Waals surface area contributed by atoms with Crippen molar-refractivity contribution >= 4 is 27.7 Å². The number of likely N-dealkylation sites (N-methyl/N-ethyl adjacent to an activating group) is 1. The van der Waals surface area contributed by atoms with Crippen molar-refractivity contribution in [3.63, 3.8) is 0 Å². The average Bonchev–Trinajstić information content (AvgIpc) is 2.27. The first-order chi connectivity index (χ1) is 7.99. The molecule has 4 nitrogen and oxygen atoms in total. The molecule has 0 fully saturated rings. The van der Waals surface area contributed by atoms with Crippen molar-refractivity contribution in [1.82, 2.24) is 10.3 Å². The van der Waals surface area contributed by atoms with Crippen LogP contribution >= 0.6 is 15.9 Å². The highest BCUT2D eigenvalue weighted by molar-refractivity contribution is 9.10. The number of pyridine rings is 1. The topological polar surface area (TPSA) is 45.2 Å². The molecule has 0 unspecified atom stereocenters. The number of rotatable bonds is 5. The van der Waals surface area contributed by atoms with Crippen LogP contribution in [0.3, 0.4) is 0 Å². The van der Waals surface area contributed by atoms with Gasteiger partial charge in [0, 0.05) is 24.3 Å². The fourth-order valence-electron chi connectivity index (χ4n) is 1.26. The van der Waals surface area contributed by atoms with E-state index < -0.39 is 0 Å². The lowest BCUT2D eigenvalue weighted by Crippen LogP contribution is -2.37. The molecule has 1 aromatic heterocycles. The molecule has 0 radical (unpaired) electrons. The third-order valence-electron chi connectivity index (χ3n) is 2.19. The van der Waals surface area contributed by atoms with Crippen molar-refractivity contribution in [2.45, 2.75) is 13.8 Å². The first kappa shape index (κ1) is 14.0. The van der Waals surface area contributed by atoms with Gasteiger partial charge in [-0.15, -0.1) is 0 Å². The molecular formula is C12H18BrN3O. The minimum absolute atomic E-state index is 0.0194. The van der Waals surface area contributed by atoms with E-state index in [0.717, 1.165) is 10.3 Å². The smallest absolute Gasteiger partial charge is 0.239 e. The first-order valence-electron chi connectivity index (χ1n) is 5.58. The Morgan fingerprint density at radius 2 is 2.24 bits per heavy atom. The van der Waals surface area contributed by atoms with E-state index in [0.29, 0.717) is 19.0 Å². The van der Waals surface area contributed by atoms with Gasteiger partial charge in [-0.1, -0.05) is 13.8 Å². The summed E-state index contributed by atoms with van der Waals surface area (Å²) in [5, 5.41) is 2.88. The fourth-order valence-corrected chi connectivity index (χ4v) is 1.50. The van der Waals surface area contributed by atoms with Gasteiger partial charge in [0.15, 0.2) is 0 Å². The van der Waals surface area contributed by atoms with Gasteiger partial charge in [0.1, 0.15) is 5.82 Å². The molecule has 1 heterocycles. The zero-order chi connectivity index (χ0) is 12.8. The molecule has 1 aromatic rings. The van der Waals surface area contributed by atoms with Gasteiger partial charge in [0.2, 0.25) is 5.91 Å². The molecule has 0 aliphatic rings. The number of hydrogen-bond donors (Lipinski definition) is 1. The summed E-state index contributed by atoms with van der Waals surface area (Å²) in [5.74, 6) is 1.27. The van der Waals surface area contributed by atoms with Crippen molar-refractivity contribution in [2.75, 3.05) is 25.0 Å². The number of aromatic nitrogens is 1. The monoisotopic (exact) mass is 299 g/mol. The molecule has 1 amide bonds. The highest BCUT2D eigenvalue weighted by atomic mass is 79.9. The Morgan fingerprint density at radius 1 is 1.53 bits per heavy atom. The van der Waals surface area contributed by atoms with Gasteiger partial charge in [-0.05, 0) is 34.0 Å². The Morgan fingerprint density at radius 3 is 2.76 bits per heavy atom. The molecule has 0 saturated heterocycles. The van der Waals surface area contributed by atoms with Crippen LogP contribution < -0.4 is 10.2 Å². The van der Waals surface area contributed by atoms with Crippen LogP contribution in [0, 0.1) is 5.92 Å². The Bertz CT molecular complexity index is 365. The molecular weight excluding hydrogens is 282 g/mol. The predicted molar refractivity (Wildman–Crippen MR) is 73.1 cm³/mol. The number of amides is 1. The normalized spacial score (nSPS) is 10.4. The van der Waals surface area contributed by atoms with E-state index in [4.69, 9.17) is 0 Å². The number of nitrogens with zero attached hydrogens (tertiary/aromatic N) is 2. The van der Waals surface area contributed by atoms with Crippen molar-refractivity contribution in [1.29, 1.82) is 0 Å². The minimum atomic E-state index is 0.0194. The zero-order valence-electron chi connectivity index (χ0n) is 10.4. The Kier molecular flexibility index (Phi) is 5.41. The summed E-state index contributed by atoms with van der Waals surface area (Å²) in [6.07, 6.45) is 1.72.